The zero-order valence-electron chi connectivity index (χ0n) is 20.6. The Bertz CT molecular complexity index is 1050. The van der Waals surface area contributed by atoms with E-state index < -0.39 is 47.3 Å². The summed E-state index contributed by atoms with van der Waals surface area (Å²) in [5, 5.41) is 13.8. The van der Waals surface area contributed by atoms with E-state index in [0.717, 1.165) is 40.5 Å². The number of ether oxygens (including phenoxy) is 2. The van der Waals surface area contributed by atoms with Crippen LogP contribution in [0.25, 0.3) is 0 Å². The van der Waals surface area contributed by atoms with Crippen LogP contribution in [0.5, 0.6) is 0 Å². The minimum Gasteiger partial charge on any atom is -0.444 e. The number of alkyl halides is 3. The molecule has 1 aromatic carbocycles. The van der Waals surface area contributed by atoms with Gasteiger partial charge < -0.3 is 19.9 Å². The summed E-state index contributed by atoms with van der Waals surface area (Å²) in [5.41, 5.74) is -2.52. The lowest BCUT2D eigenvalue weighted by Gasteiger charge is -2.32. The van der Waals surface area contributed by atoms with Gasteiger partial charge in [0.15, 0.2) is 5.13 Å². The van der Waals surface area contributed by atoms with Gasteiger partial charge in [-0.3, -0.25) is 4.90 Å². The molecule has 0 aliphatic rings. The Morgan fingerprint density at radius 2 is 1.64 bits per heavy atom. The lowest BCUT2D eigenvalue weighted by atomic mass is 10.0. The summed E-state index contributed by atoms with van der Waals surface area (Å²) in [6.45, 7) is 9.64. The van der Waals surface area contributed by atoms with Crippen LogP contribution >= 0.6 is 27.3 Å². The van der Waals surface area contributed by atoms with Gasteiger partial charge in [0, 0.05) is 0 Å². The van der Waals surface area contributed by atoms with Crippen LogP contribution in [0.15, 0.2) is 34.2 Å². The lowest BCUT2D eigenvalue weighted by molar-refractivity contribution is -0.137. The first-order valence-corrected chi connectivity index (χ1v) is 12.4. The summed E-state index contributed by atoms with van der Waals surface area (Å²) >= 11 is 4.40. The van der Waals surface area contributed by atoms with Crippen molar-refractivity contribution in [3.63, 3.8) is 0 Å². The molecule has 0 fully saturated rings. The molecule has 0 aliphatic heterocycles. The van der Waals surface area contributed by atoms with Gasteiger partial charge in [-0.2, -0.15) is 13.2 Å². The number of nitrogens with zero attached hydrogens (tertiary/aromatic N) is 2. The van der Waals surface area contributed by atoms with Gasteiger partial charge in [-0.25, -0.2) is 14.6 Å². The molecule has 2 atom stereocenters. The highest BCUT2D eigenvalue weighted by Gasteiger charge is 2.34. The fraction of sp³-hybridized carbons (Fsp3) is 0.522. The zero-order chi connectivity index (χ0) is 27.5. The minimum absolute atomic E-state index is 0.0912. The Balaban J connectivity index is 2.43. The number of benzene rings is 1. The van der Waals surface area contributed by atoms with Crippen LogP contribution in [-0.2, 0) is 15.7 Å². The molecular formula is C23H29BrF3N3O5S. The number of carbonyl (C=O) groups excluding carboxylic acids is 2. The number of aliphatic hydroxyl groups excluding tert-OH is 1. The van der Waals surface area contributed by atoms with E-state index in [1.54, 1.807) is 41.5 Å². The van der Waals surface area contributed by atoms with Crippen LogP contribution in [0.3, 0.4) is 0 Å². The van der Waals surface area contributed by atoms with Gasteiger partial charge in [0.05, 0.1) is 28.1 Å². The third-order valence-corrected chi connectivity index (χ3v) is 5.85. The van der Waals surface area contributed by atoms with Gasteiger partial charge in [-0.1, -0.05) is 23.5 Å². The number of halogens is 4. The van der Waals surface area contributed by atoms with E-state index in [9.17, 15) is 27.9 Å². The smallest absolute Gasteiger partial charge is 0.416 e. The Morgan fingerprint density at radius 3 is 2.08 bits per heavy atom. The summed E-state index contributed by atoms with van der Waals surface area (Å²) < 4.78 is 50.4. The molecule has 13 heteroatoms. The number of alkyl carbamates (subject to hydrolysis) is 1. The Morgan fingerprint density at radius 1 is 1.08 bits per heavy atom. The normalized spacial score (nSPS) is 14.1. The van der Waals surface area contributed by atoms with E-state index in [4.69, 9.17) is 9.47 Å². The van der Waals surface area contributed by atoms with Gasteiger partial charge in [-0.05, 0) is 75.2 Å². The fourth-order valence-corrected chi connectivity index (χ4v) is 4.08. The van der Waals surface area contributed by atoms with Gasteiger partial charge >= 0.3 is 18.4 Å². The standard InChI is InChI=1S/C23H29BrF3N3O5S/c1-21(2,3)34-19(32)29-15(17(31)13-7-9-14(10-8-13)23(25,26)27)12-30(18-28-11-16(24)36-18)20(33)35-22(4,5)6/h7-11,15,17,31H,12H2,1-6H3,(H,29,32). The summed E-state index contributed by atoms with van der Waals surface area (Å²) in [4.78, 5) is 30.9. The van der Waals surface area contributed by atoms with Crippen molar-refractivity contribution in [1.82, 2.24) is 10.3 Å². The average molecular weight is 596 g/mol. The molecule has 0 spiro atoms. The molecule has 1 aromatic heterocycles. The molecule has 8 nitrogen and oxygen atoms in total. The maximum atomic E-state index is 13.0. The Kier molecular flexibility index (Phi) is 9.41. The Labute approximate surface area is 219 Å². The van der Waals surface area contributed by atoms with E-state index in [0.29, 0.717) is 3.79 Å². The maximum Gasteiger partial charge on any atom is 0.416 e. The molecule has 200 valence electrons. The number of hydrogen-bond acceptors (Lipinski definition) is 7. The van der Waals surface area contributed by atoms with Crippen LogP contribution in [0, 0.1) is 0 Å². The minimum atomic E-state index is -4.55. The second-order valence-electron chi connectivity index (χ2n) is 9.86. The second-order valence-corrected chi connectivity index (χ2v) is 12.2. The molecule has 2 aromatic rings. The molecule has 1 heterocycles. The number of thiazole rings is 1. The van der Waals surface area contributed by atoms with Crippen molar-refractivity contribution in [3.8, 4) is 0 Å². The summed E-state index contributed by atoms with van der Waals surface area (Å²) in [5.74, 6) is 0. The molecule has 0 saturated heterocycles. The highest BCUT2D eigenvalue weighted by molar-refractivity contribution is 9.11. The highest BCUT2D eigenvalue weighted by atomic mass is 79.9. The number of nitrogens with one attached hydrogen (secondary N) is 1. The molecule has 2 N–H and O–H groups in total. The molecule has 2 amide bonds. The lowest BCUT2D eigenvalue weighted by Crippen LogP contribution is -2.51. The largest absolute Gasteiger partial charge is 0.444 e. The average Bonchev–Trinajstić information content (AvgIpc) is 3.13. The molecule has 36 heavy (non-hydrogen) atoms. The second kappa shape index (κ2) is 11.3. The predicted octanol–water partition coefficient (Wildman–Crippen LogP) is 6.29. The number of aliphatic hydroxyl groups is 1. The van der Waals surface area contributed by atoms with Crippen molar-refractivity contribution in [2.45, 2.75) is 71.1 Å². The summed E-state index contributed by atoms with van der Waals surface area (Å²) in [7, 11) is 0. The molecule has 0 aliphatic carbocycles. The number of anilines is 1. The predicted molar refractivity (Wildman–Crippen MR) is 133 cm³/mol. The van der Waals surface area contributed by atoms with Crippen LogP contribution < -0.4 is 10.2 Å². The monoisotopic (exact) mass is 595 g/mol. The van der Waals surface area contributed by atoms with E-state index >= 15 is 0 Å². The SMILES string of the molecule is CC(C)(C)OC(=O)NC(CN(C(=O)OC(C)(C)C)c1ncc(Br)s1)C(O)c1ccc(C(F)(F)F)cc1. The fourth-order valence-electron chi connectivity index (χ4n) is 2.90. The molecule has 2 unspecified atom stereocenters. The van der Waals surface area contributed by atoms with E-state index in [1.165, 1.54) is 6.20 Å². The molecular weight excluding hydrogens is 567 g/mol. The van der Waals surface area contributed by atoms with E-state index in [1.807, 2.05) is 0 Å². The molecule has 0 radical (unpaired) electrons. The van der Waals surface area contributed by atoms with Gasteiger partial charge in [0.1, 0.15) is 17.3 Å². The van der Waals surface area contributed by atoms with Crippen molar-refractivity contribution in [3.05, 3.63) is 45.4 Å². The zero-order valence-corrected chi connectivity index (χ0v) is 23.0. The highest BCUT2D eigenvalue weighted by Crippen LogP contribution is 2.32. The van der Waals surface area contributed by atoms with Crippen molar-refractivity contribution in [2.24, 2.45) is 0 Å². The van der Waals surface area contributed by atoms with Gasteiger partial charge in [-0.15, -0.1) is 0 Å². The van der Waals surface area contributed by atoms with Crippen LogP contribution in [0.1, 0.15) is 58.8 Å². The number of amides is 2. The first kappa shape index (κ1) is 29.8. The van der Waals surface area contributed by atoms with E-state index in [2.05, 4.69) is 26.2 Å². The van der Waals surface area contributed by atoms with Crippen LogP contribution in [0.2, 0.25) is 0 Å². The molecule has 2 rings (SSSR count). The van der Waals surface area contributed by atoms with Crippen molar-refractivity contribution in [1.29, 1.82) is 0 Å². The van der Waals surface area contributed by atoms with Gasteiger partial charge in [0.2, 0.25) is 0 Å². The van der Waals surface area contributed by atoms with Crippen LogP contribution in [-0.4, -0.2) is 46.1 Å². The molecule has 0 bridgehead atoms. The topological polar surface area (TPSA) is 101 Å². The summed E-state index contributed by atoms with van der Waals surface area (Å²) in [6.07, 6.45) is -6.26. The van der Waals surface area contributed by atoms with E-state index in [-0.39, 0.29) is 17.2 Å². The number of hydrogen-bond donors (Lipinski definition) is 2. The maximum absolute atomic E-state index is 13.0. The number of rotatable bonds is 6. The molecule has 0 saturated carbocycles. The first-order valence-electron chi connectivity index (χ1n) is 10.8. The van der Waals surface area contributed by atoms with Crippen LogP contribution in [0.4, 0.5) is 27.9 Å². The Hall–Kier alpha value is -2.38. The van der Waals surface area contributed by atoms with Gasteiger partial charge in [0.25, 0.3) is 0 Å². The third kappa shape index (κ3) is 9.25. The van der Waals surface area contributed by atoms with Crippen molar-refractivity contribution >= 4 is 44.6 Å². The van der Waals surface area contributed by atoms with Crippen molar-refractivity contribution < 1.29 is 37.3 Å². The number of aromatic nitrogens is 1. The first-order chi connectivity index (χ1) is 16.4. The quantitative estimate of drug-likeness (QED) is 0.407. The third-order valence-electron chi connectivity index (χ3n) is 4.35. The van der Waals surface area contributed by atoms with Crippen molar-refractivity contribution in [2.75, 3.05) is 11.4 Å². The number of carbonyl (C=O) groups is 2. The summed E-state index contributed by atoms with van der Waals surface area (Å²) in [6, 6.07) is 2.66.